The van der Waals surface area contributed by atoms with Gasteiger partial charge in [0.2, 0.25) is 5.95 Å². The number of anilines is 2. The van der Waals surface area contributed by atoms with Gasteiger partial charge < -0.3 is 25.8 Å². The fraction of sp³-hybridized carbons (Fsp3) is 0.645. The third-order valence-electron chi connectivity index (χ3n) is 10.0. The molecule has 4 bridgehead atoms. The number of nitrogens with one attached hydrogen (secondary N) is 3. The van der Waals surface area contributed by atoms with Gasteiger partial charge >= 0.3 is 6.36 Å². The van der Waals surface area contributed by atoms with E-state index in [-0.39, 0.29) is 29.8 Å². The lowest BCUT2D eigenvalue weighted by Crippen LogP contribution is -2.60. The van der Waals surface area contributed by atoms with Crippen molar-refractivity contribution in [3.8, 4) is 11.8 Å². The smallest absolute Gasteiger partial charge is 0.405 e. The quantitative estimate of drug-likeness (QED) is 0.285. The van der Waals surface area contributed by atoms with Gasteiger partial charge in [0.25, 0.3) is 0 Å². The SMILES string of the molecule is N#Cc1cnc(NCc2ccccc2OC(F)(F)F)nc1NC[C@]12CC3C[C@H](C1)[C@@H](NC[C@H]1CC[C@H](O)CC1)[C@@H](C3)C2. The van der Waals surface area contributed by atoms with E-state index in [2.05, 4.69) is 36.7 Å². The normalized spacial score (nSPS) is 31.9. The van der Waals surface area contributed by atoms with Crippen LogP contribution in [0, 0.1) is 40.4 Å². The molecule has 2 aromatic rings. The Labute approximate surface area is 244 Å². The number of nitriles is 1. The molecule has 5 aliphatic carbocycles. The van der Waals surface area contributed by atoms with Crippen LogP contribution in [0.1, 0.15) is 68.9 Å². The molecule has 0 saturated heterocycles. The van der Waals surface area contributed by atoms with E-state index in [1.807, 2.05) is 0 Å². The summed E-state index contributed by atoms with van der Waals surface area (Å²) < 4.78 is 42.6. The number of aromatic nitrogens is 2. The van der Waals surface area contributed by atoms with Crippen molar-refractivity contribution in [3.05, 3.63) is 41.6 Å². The average Bonchev–Trinajstić information content (AvgIpc) is 2.95. The standard InChI is InChI=1S/C31H39F3N6O2/c32-31(33,34)42-26-4-2-1-3-21(26)16-37-29-38-17-24(14-35)28(40-29)39-18-30-11-20-9-22(12-30)27(23(10-20)13-30)36-15-19-5-7-25(41)8-6-19/h1-4,17,19-20,22-23,25,27,36,41H,5-13,15-16,18H2,(H2,37,38,39,40)/t19-,20?,22-,23+,25-,27-,30-. The minimum atomic E-state index is -4.79. The Balaban J connectivity index is 1.08. The van der Waals surface area contributed by atoms with Gasteiger partial charge in [0.15, 0.2) is 0 Å². The number of hydrogen-bond donors (Lipinski definition) is 4. The van der Waals surface area contributed by atoms with Crippen molar-refractivity contribution in [1.29, 1.82) is 5.26 Å². The Kier molecular flexibility index (Phi) is 8.20. The van der Waals surface area contributed by atoms with Gasteiger partial charge in [0.1, 0.15) is 23.2 Å². The van der Waals surface area contributed by atoms with Gasteiger partial charge in [-0.15, -0.1) is 13.2 Å². The Bertz CT molecular complexity index is 1280. The fourth-order valence-corrected chi connectivity index (χ4v) is 8.40. The molecule has 226 valence electrons. The summed E-state index contributed by atoms with van der Waals surface area (Å²) in [6.45, 7) is 1.81. The van der Waals surface area contributed by atoms with Crippen molar-refractivity contribution in [2.45, 2.75) is 82.8 Å². The molecule has 1 unspecified atom stereocenters. The maximum atomic E-state index is 12.8. The van der Waals surface area contributed by atoms with E-state index in [4.69, 9.17) is 0 Å². The van der Waals surface area contributed by atoms with E-state index in [0.717, 1.165) is 57.5 Å². The molecule has 11 heteroatoms. The van der Waals surface area contributed by atoms with Crippen molar-refractivity contribution in [2.24, 2.45) is 29.1 Å². The van der Waals surface area contributed by atoms with E-state index in [9.17, 15) is 23.5 Å². The minimum Gasteiger partial charge on any atom is -0.405 e. The number of aliphatic hydroxyl groups excluding tert-OH is 1. The van der Waals surface area contributed by atoms with Crippen molar-refractivity contribution in [1.82, 2.24) is 15.3 Å². The molecule has 0 amide bonds. The van der Waals surface area contributed by atoms with Crippen molar-refractivity contribution in [2.75, 3.05) is 23.7 Å². The van der Waals surface area contributed by atoms with Crippen molar-refractivity contribution >= 4 is 11.8 Å². The maximum Gasteiger partial charge on any atom is 0.573 e. The zero-order valence-corrected chi connectivity index (χ0v) is 23.7. The summed E-state index contributed by atoms with van der Waals surface area (Å²) in [5.41, 5.74) is 0.821. The predicted octanol–water partition coefficient (Wildman–Crippen LogP) is 5.61. The topological polar surface area (TPSA) is 115 Å². The van der Waals surface area contributed by atoms with Crippen LogP contribution in [0.25, 0.3) is 0 Å². The Morgan fingerprint density at radius 2 is 1.79 bits per heavy atom. The van der Waals surface area contributed by atoms with Crippen LogP contribution < -0.4 is 20.7 Å². The van der Waals surface area contributed by atoms with Crippen molar-refractivity contribution < 1.29 is 23.0 Å². The molecular weight excluding hydrogens is 545 g/mol. The molecule has 7 rings (SSSR count). The fourth-order valence-electron chi connectivity index (χ4n) is 8.40. The van der Waals surface area contributed by atoms with Crippen LogP contribution in [-0.2, 0) is 6.54 Å². The van der Waals surface area contributed by atoms with Crippen LogP contribution in [0.2, 0.25) is 0 Å². The van der Waals surface area contributed by atoms with E-state index >= 15 is 0 Å². The Morgan fingerprint density at radius 3 is 2.50 bits per heavy atom. The second kappa shape index (κ2) is 11.9. The number of rotatable bonds is 10. The van der Waals surface area contributed by atoms with E-state index < -0.39 is 6.36 Å². The molecule has 0 aliphatic heterocycles. The first-order valence-electron chi connectivity index (χ1n) is 15.2. The highest BCUT2D eigenvalue weighted by molar-refractivity contribution is 5.53. The lowest BCUT2D eigenvalue weighted by Gasteiger charge is -2.60. The summed E-state index contributed by atoms with van der Waals surface area (Å²) in [7, 11) is 0. The monoisotopic (exact) mass is 584 g/mol. The molecule has 1 aromatic carbocycles. The van der Waals surface area contributed by atoms with Gasteiger partial charge in [-0.3, -0.25) is 0 Å². The molecule has 5 aliphatic rings. The zero-order chi connectivity index (χ0) is 29.3. The highest BCUT2D eigenvalue weighted by Gasteiger charge is 2.55. The summed E-state index contributed by atoms with van der Waals surface area (Å²) in [6.07, 6.45) is 6.66. The summed E-state index contributed by atoms with van der Waals surface area (Å²) >= 11 is 0. The summed E-state index contributed by atoms with van der Waals surface area (Å²) in [6, 6.07) is 8.66. The summed E-state index contributed by atoms with van der Waals surface area (Å²) in [5.74, 6) is 3.11. The number of alkyl halides is 3. The van der Waals surface area contributed by atoms with Gasteiger partial charge in [-0.25, -0.2) is 4.98 Å². The van der Waals surface area contributed by atoms with Crippen LogP contribution in [0.4, 0.5) is 24.9 Å². The average molecular weight is 585 g/mol. The zero-order valence-electron chi connectivity index (χ0n) is 23.7. The third-order valence-corrected chi connectivity index (χ3v) is 10.0. The summed E-state index contributed by atoms with van der Waals surface area (Å²) in [4.78, 5) is 8.74. The number of para-hydroxylation sites is 1. The van der Waals surface area contributed by atoms with Gasteiger partial charge in [-0.1, -0.05) is 18.2 Å². The minimum absolute atomic E-state index is 0.0302. The molecule has 1 heterocycles. The molecular formula is C31H39F3N6O2. The van der Waals surface area contributed by atoms with Crippen LogP contribution in [0.3, 0.4) is 0 Å². The van der Waals surface area contributed by atoms with Crippen LogP contribution in [0.15, 0.2) is 30.5 Å². The summed E-state index contributed by atoms with van der Waals surface area (Å²) in [5, 5.41) is 30.0. The number of benzene rings is 1. The van der Waals surface area contributed by atoms with Crippen LogP contribution in [-0.4, -0.2) is 46.7 Å². The molecule has 5 saturated carbocycles. The van der Waals surface area contributed by atoms with E-state index in [1.165, 1.54) is 37.6 Å². The van der Waals surface area contributed by atoms with Crippen LogP contribution >= 0.6 is 0 Å². The van der Waals surface area contributed by atoms with Gasteiger partial charge in [0, 0.05) is 24.7 Å². The molecule has 1 aromatic heterocycles. The Hall–Kier alpha value is -3.10. The number of hydrogen-bond acceptors (Lipinski definition) is 8. The lowest BCUT2D eigenvalue weighted by atomic mass is 9.48. The molecule has 5 atom stereocenters. The highest BCUT2D eigenvalue weighted by atomic mass is 19.4. The second-order valence-corrected chi connectivity index (χ2v) is 13.0. The molecule has 4 N–H and O–H groups in total. The number of ether oxygens (including phenoxy) is 1. The molecule has 8 nitrogen and oxygen atoms in total. The van der Waals surface area contributed by atoms with Gasteiger partial charge in [-0.05, 0) is 99.5 Å². The van der Waals surface area contributed by atoms with E-state index in [1.54, 1.807) is 12.1 Å². The molecule has 0 spiro atoms. The van der Waals surface area contributed by atoms with E-state index in [0.29, 0.717) is 40.7 Å². The first kappa shape index (κ1) is 29.0. The second-order valence-electron chi connectivity index (χ2n) is 13.0. The maximum absolute atomic E-state index is 12.8. The molecule has 42 heavy (non-hydrogen) atoms. The van der Waals surface area contributed by atoms with Crippen molar-refractivity contribution in [3.63, 3.8) is 0 Å². The number of aliphatic hydroxyl groups is 1. The number of nitrogens with zero attached hydrogens (tertiary/aromatic N) is 3. The van der Waals surface area contributed by atoms with Gasteiger partial charge in [0.05, 0.1) is 12.3 Å². The largest absolute Gasteiger partial charge is 0.573 e. The third kappa shape index (κ3) is 6.60. The van der Waals surface area contributed by atoms with Gasteiger partial charge in [-0.2, -0.15) is 10.2 Å². The highest BCUT2D eigenvalue weighted by Crippen LogP contribution is 2.60. The first-order chi connectivity index (χ1) is 20.2. The molecule has 0 radical (unpaired) electrons. The lowest BCUT2D eigenvalue weighted by molar-refractivity contribution is -0.274. The van der Waals surface area contributed by atoms with Crippen LogP contribution in [0.5, 0.6) is 5.75 Å². The first-order valence-corrected chi connectivity index (χ1v) is 15.2. The predicted molar refractivity (Wildman–Crippen MR) is 151 cm³/mol. The molecule has 5 fully saturated rings. The Morgan fingerprint density at radius 1 is 1.05 bits per heavy atom. The number of halogens is 3.